The van der Waals surface area contributed by atoms with Gasteiger partial charge in [0.2, 0.25) is 0 Å². The van der Waals surface area contributed by atoms with Crippen LogP contribution in [0.3, 0.4) is 0 Å². The van der Waals surface area contributed by atoms with E-state index in [1.807, 2.05) is 38.1 Å². The Bertz CT molecular complexity index is 1160. The number of methoxy groups -OCH3 is 1. The van der Waals surface area contributed by atoms with E-state index in [1.54, 1.807) is 19.4 Å². The minimum Gasteiger partial charge on any atom is -0.492 e. The Labute approximate surface area is 197 Å². The Kier molecular flexibility index (Phi) is 7.51. The van der Waals surface area contributed by atoms with Crippen molar-refractivity contribution in [3.05, 3.63) is 60.1 Å². The first-order valence-corrected chi connectivity index (χ1v) is 11.5. The number of rotatable bonds is 7. The lowest BCUT2D eigenvalue weighted by Gasteiger charge is -2.14. The van der Waals surface area contributed by atoms with Gasteiger partial charge in [0.15, 0.2) is 11.5 Å². The molecule has 30 heavy (non-hydrogen) atoms. The summed E-state index contributed by atoms with van der Waals surface area (Å²) in [4.78, 5) is 18.0. The zero-order valence-corrected chi connectivity index (χ0v) is 21.0. The van der Waals surface area contributed by atoms with Gasteiger partial charge in [0, 0.05) is 10.4 Å². The van der Waals surface area contributed by atoms with Crippen molar-refractivity contribution in [2.24, 2.45) is 5.10 Å². The molecule has 1 heterocycles. The van der Waals surface area contributed by atoms with Crippen molar-refractivity contribution in [1.82, 2.24) is 9.66 Å². The molecule has 0 saturated carbocycles. The number of benzene rings is 2. The molecule has 2 aromatic carbocycles. The second kappa shape index (κ2) is 9.91. The maximum atomic E-state index is 13.2. The second-order valence-corrected chi connectivity index (χ2v) is 8.85. The SMILES string of the molecule is CCOc1cc(C=Nn2c([C@H](C)CC)nc3ccc(Br)cc3c2=O)cc(I)c1OC. The molecule has 0 radical (unpaired) electrons. The molecule has 158 valence electrons. The quantitative estimate of drug-likeness (QED) is 0.269. The summed E-state index contributed by atoms with van der Waals surface area (Å²) >= 11 is 5.63. The lowest BCUT2D eigenvalue weighted by molar-refractivity contribution is 0.309. The van der Waals surface area contributed by atoms with E-state index in [4.69, 9.17) is 14.5 Å². The molecule has 0 aliphatic heterocycles. The average molecular weight is 584 g/mol. The number of ether oxygens (including phenoxy) is 2. The van der Waals surface area contributed by atoms with E-state index in [2.05, 4.69) is 50.5 Å². The van der Waals surface area contributed by atoms with Gasteiger partial charge in [-0.05, 0) is 71.8 Å². The molecule has 1 atom stereocenters. The van der Waals surface area contributed by atoms with Gasteiger partial charge in [0.1, 0.15) is 5.82 Å². The molecule has 6 nitrogen and oxygen atoms in total. The summed E-state index contributed by atoms with van der Waals surface area (Å²) in [7, 11) is 1.62. The minimum absolute atomic E-state index is 0.0814. The molecule has 0 aliphatic carbocycles. The molecule has 0 amide bonds. The highest BCUT2D eigenvalue weighted by molar-refractivity contribution is 14.1. The summed E-state index contributed by atoms with van der Waals surface area (Å²) in [5.41, 5.74) is 1.28. The number of halogens is 2. The van der Waals surface area contributed by atoms with Crippen LogP contribution in [0.2, 0.25) is 0 Å². The van der Waals surface area contributed by atoms with Gasteiger partial charge >= 0.3 is 0 Å². The normalized spacial score (nSPS) is 12.5. The van der Waals surface area contributed by atoms with Gasteiger partial charge in [-0.3, -0.25) is 4.79 Å². The highest BCUT2D eigenvalue weighted by Gasteiger charge is 2.16. The zero-order chi connectivity index (χ0) is 21.8. The van der Waals surface area contributed by atoms with E-state index in [1.165, 1.54) is 4.68 Å². The summed E-state index contributed by atoms with van der Waals surface area (Å²) in [6, 6.07) is 9.30. The topological polar surface area (TPSA) is 65.7 Å². The summed E-state index contributed by atoms with van der Waals surface area (Å²) in [6.45, 7) is 6.55. The second-order valence-electron chi connectivity index (χ2n) is 6.77. The fourth-order valence-corrected chi connectivity index (χ4v) is 4.23. The average Bonchev–Trinajstić information content (AvgIpc) is 2.73. The fraction of sp³-hybridized carbons (Fsp3) is 0.318. The van der Waals surface area contributed by atoms with Crippen molar-refractivity contribution < 1.29 is 9.47 Å². The monoisotopic (exact) mass is 583 g/mol. The Balaban J connectivity index is 2.16. The van der Waals surface area contributed by atoms with Crippen molar-refractivity contribution in [2.75, 3.05) is 13.7 Å². The summed E-state index contributed by atoms with van der Waals surface area (Å²) in [5, 5.41) is 5.05. The zero-order valence-electron chi connectivity index (χ0n) is 17.3. The van der Waals surface area contributed by atoms with Crippen molar-refractivity contribution in [2.45, 2.75) is 33.1 Å². The largest absolute Gasteiger partial charge is 0.492 e. The Morgan fingerprint density at radius 1 is 1.30 bits per heavy atom. The summed E-state index contributed by atoms with van der Waals surface area (Å²) < 4.78 is 14.3. The van der Waals surface area contributed by atoms with E-state index in [0.717, 1.165) is 20.0 Å². The predicted molar refractivity (Wildman–Crippen MR) is 132 cm³/mol. The standard InChI is InChI=1S/C22H23BrIN3O3/c1-5-13(3)21-26-18-8-7-15(23)11-16(18)22(28)27(21)25-12-14-9-17(24)20(29-4)19(10-14)30-6-2/h7-13H,5-6H2,1-4H3/t13-/m1/s1. The van der Waals surface area contributed by atoms with Gasteiger partial charge in [-0.2, -0.15) is 9.78 Å². The minimum atomic E-state index is -0.193. The van der Waals surface area contributed by atoms with Crippen molar-refractivity contribution >= 4 is 55.6 Å². The fourth-order valence-electron chi connectivity index (χ4n) is 3.03. The molecule has 3 aromatic rings. The smallest absolute Gasteiger partial charge is 0.282 e. The molecule has 0 unspecified atom stereocenters. The molecule has 1 aromatic heterocycles. The third-order valence-corrected chi connectivity index (χ3v) is 6.04. The maximum absolute atomic E-state index is 13.2. The van der Waals surface area contributed by atoms with Gasteiger partial charge < -0.3 is 9.47 Å². The molecule has 0 bridgehead atoms. The van der Waals surface area contributed by atoms with E-state index in [9.17, 15) is 4.79 Å². The molecular weight excluding hydrogens is 561 g/mol. The van der Waals surface area contributed by atoms with Crippen LogP contribution in [-0.2, 0) is 0 Å². The predicted octanol–water partition coefficient (Wildman–Crippen LogP) is 5.57. The van der Waals surface area contributed by atoms with Crippen LogP contribution in [0.1, 0.15) is 44.5 Å². The van der Waals surface area contributed by atoms with E-state index in [-0.39, 0.29) is 11.5 Å². The van der Waals surface area contributed by atoms with E-state index >= 15 is 0 Å². The Morgan fingerprint density at radius 3 is 2.73 bits per heavy atom. The Morgan fingerprint density at radius 2 is 2.07 bits per heavy atom. The maximum Gasteiger partial charge on any atom is 0.282 e. The van der Waals surface area contributed by atoms with Gasteiger partial charge in [0.25, 0.3) is 5.56 Å². The van der Waals surface area contributed by atoms with E-state index < -0.39 is 0 Å². The van der Waals surface area contributed by atoms with Gasteiger partial charge in [-0.1, -0.05) is 29.8 Å². The molecular formula is C22H23BrIN3O3. The van der Waals surface area contributed by atoms with Crippen LogP contribution in [0.25, 0.3) is 10.9 Å². The van der Waals surface area contributed by atoms with Gasteiger partial charge in [-0.15, -0.1) is 0 Å². The van der Waals surface area contributed by atoms with Gasteiger partial charge in [0.05, 0.1) is 34.4 Å². The highest BCUT2D eigenvalue weighted by Crippen LogP contribution is 2.33. The number of nitrogens with zero attached hydrogens (tertiary/aromatic N) is 3. The van der Waals surface area contributed by atoms with Crippen LogP contribution in [0.5, 0.6) is 11.5 Å². The van der Waals surface area contributed by atoms with Crippen molar-refractivity contribution in [3.63, 3.8) is 0 Å². The highest BCUT2D eigenvalue weighted by atomic mass is 127. The van der Waals surface area contributed by atoms with Crippen LogP contribution in [0.4, 0.5) is 0 Å². The van der Waals surface area contributed by atoms with Crippen LogP contribution >= 0.6 is 38.5 Å². The third-order valence-electron chi connectivity index (χ3n) is 4.74. The summed E-state index contributed by atoms with van der Waals surface area (Å²) in [6.07, 6.45) is 2.50. The number of hydrogen-bond acceptors (Lipinski definition) is 5. The molecule has 0 fully saturated rings. The first-order valence-electron chi connectivity index (χ1n) is 9.66. The van der Waals surface area contributed by atoms with Crippen LogP contribution in [-0.4, -0.2) is 29.6 Å². The lowest BCUT2D eigenvalue weighted by atomic mass is 10.1. The number of aromatic nitrogens is 2. The summed E-state index contributed by atoms with van der Waals surface area (Å²) in [5.74, 6) is 2.05. The van der Waals surface area contributed by atoms with Crippen LogP contribution in [0, 0.1) is 3.57 Å². The van der Waals surface area contributed by atoms with Crippen molar-refractivity contribution in [1.29, 1.82) is 0 Å². The first kappa shape index (κ1) is 22.7. The first-order chi connectivity index (χ1) is 14.4. The molecule has 0 saturated heterocycles. The van der Waals surface area contributed by atoms with Gasteiger partial charge in [-0.25, -0.2) is 4.98 Å². The number of hydrogen-bond donors (Lipinski definition) is 0. The van der Waals surface area contributed by atoms with E-state index in [0.29, 0.717) is 34.8 Å². The van der Waals surface area contributed by atoms with Crippen LogP contribution < -0.4 is 15.0 Å². The molecule has 0 spiro atoms. The lowest BCUT2D eigenvalue weighted by Crippen LogP contribution is -2.23. The molecule has 3 rings (SSSR count). The molecule has 8 heteroatoms. The third kappa shape index (κ3) is 4.69. The molecule has 0 aliphatic rings. The molecule has 0 N–H and O–H groups in total. The number of fused-ring (bicyclic) bond motifs is 1. The van der Waals surface area contributed by atoms with Crippen LogP contribution in [0.15, 0.2) is 44.7 Å². The Hall–Kier alpha value is -1.94. The van der Waals surface area contributed by atoms with Crippen molar-refractivity contribution in [3.8, 4) is 11.5 Å².